The second-order valence-electron chi connectivity index (χ2n) is 3.59. The summed E-state index contributed by atoms with van der Waals surface area (Å²) in [7, 11) is 0. The molecule has 0 atom stereocenters. The third-order valence-electron chi connectivity index (χ3n) is 2.95. The number of nitrogens with two attached hydrogens (primary N) is 1. The summed E-state index contributed by atoms with van der Waals surface area (Å²) >= 11 is 0. The fourth-order valence-corrected chi connectivity index (χ4v) is 2.03. The number of nitrogens with zero attached hydrogens (tertiary/aromatic N) is 2. The van der Waals surface area contributed by atoms with Crippen molar-refractivity contribution in [1.82, 2.24) is 9.55 Å². The topological polar surface area (TPSA) is 43.8 Å². The smallest absolute Gasteiger partial charge is 0.0951 e. The molecular formula is C9H15N3. The van der Waals surface area contributed by atoms with Gasteiger partial charge in [0.2, 0.25) is 0 Å². The van der Waals surface area contributed by atoms with Gasteiger partial charge in [-0.1, -0.05) is 0 Å². The molecule has 0 amide bonds. The predicted molar refractivity (Wildman–Crippen MR) is 47.7 cm³/mol. The Morgan fingerprint density at radius 3 is 2.75 bits per heavy atom. The Hall–Kier alpha value is -0.830. The van der Waals surface area contributed by atoms with Crippen molar-refractivity contribution in [3.63, 3.8) is 0 Å². The molecule has 0 aromatic carbocycles. The first-order valence-corrected chi connectivity index (χ1v) is 4.56. The predicted octanol–water partition coefficient (Wildman–Crippen LogP) is 1.11. The average molecular weight is 165 g/mol. The third kappa shape index (κ3) is 1.05. The van der Waals surface area contributed by atoms with E-state index in [0.29, 0.717) is 5.54 Å². The van der Waals surface area contributed by atoms with E-state index in [0.717, 1.165) is 13.0 Å². The van der Waals surface area contributed by atoms with Crippen LogP contribution >= 0.6 is 0 Å². The minimum absolute atomic E-state index is 0.325. The zero-order valence-corrected chi connectivity index (χ0v) is 7.24. The molecule has 0 radical (unpaired) electrons. The zero-order valence-electron chi connectivity index (χ0n) is 7.24. The lowest BCUT2D eigenvalue weighted by Gasteiger charge is -2.43. The number of imidazole rings is 1. The summed E-state index contributed by atoms with van der Waals surface area (Å²) in [6.07, 6.45) is 10.8. The van der Waals surface area contributed by atoms with Crippen molar-refractivity contribution in [2.24, 2.45) is 5.73 Å². The Labute approximate surface area is 72.6 Å². The van der Waals surface area contributed by atoms with Crippen molar-refractivity contribution in [2.45, 2.75) is 31.2 Å². The summed E-state index contributed by atoms with van der Waals surface area (Å²) in [6, 6.07) is 0. The van der Waals surface area contributed by atoms with Crippen LogP contribution in [0.2, 0.25) is 0 Å². The van der Waals surface area contributed by atoms with Gasteiger partial charge in [0.15, 0.2) is 0 Å². The largest absolute Gasteiger partial charge is 0.331 e. The van der Waals surface area contributed by atoms with E-state index >= 15 is 0 Å². The van der Waals surface area contributed by atoms with Gasteiger partial charge in [-0.2, -0.15) is 0 Å². The van der Waals surface area contributed by atoms with E-state index < -0.39 is 0 Å². The Balaban J connectivity index is 2.17. The van der Waals surface area contributed by atoms with Gasteiger partial charge in [-0.3, -0.25) is 0 Å². The van der Waals surface area contributed by atoms with Gasteiger partial charge in [0.05, 0.1) is 6.33 Å². The Morgan fingerprint density at radius 2 is 2.33 bits per heavy atom. The molecule has 1 fully saturated rings. The van der Waals surface area contributed by atoms with Crippen LogP contribution in [0.4, 0.5) is 0 Å². The van der Waals surface area contributed by atoms with Gasteiger partial charge in [0.1, 0.15) is 0 Å². The van der Waals surface area contributed by atoms with Crippen LogP contribution in [0, 0.1) is 0 Å². The molecule has 1 aliphatic rings. The van der Waals surface area contributed by atoms with E-state index in [4.69, 9.17) is 5.73 Å². The highest BCUT2D eigenvalue weighted by molar-refractivity contribution is 4.97. The maximum Gasteiger partial charge on any atom is 0.0951 e. The van der Waals surface area contributed by atoms with Gasteiger partial charge in [0, 0.05) is 17.9 Å². The van der Waals surface area contributed by atoms with E-state index in [1.165, 1.54) is 19.3 Å². The van der Waals surface area contributed by atoms with Crippen molar-refractivity contribution in [3.05, 3.63) is 18.7 Å². The quantitative estimate of drug-likeness (QED) is 0.729. The monoisotopic (exact) mass is 165 g/mol. The highest BCUT2D eigenvalue weighted by atomic mass is 15.1. The molecule has 66 valence electrons. The molecule has 1 heterocycles. The number of hydrogen-bond acceptors (Lipinski definition) is 2. The van der Waals surface area contributed by atoms with Crippen molar-refractivity contribution in [2.75, 3.05) is 6.54 Å². The number of rotatable bonds is 3. The van der Waals surface area contributed by atoms with Gasteiger partial charge >= 0.3 is 0 Å². The molecule has 0 bridgehead atoms. The molecule has 2 rings (SSSR count). The molecule has 1 saturated carbocycles. The lowest BCUT2D eigenvalue weighted by Crippen LogP contribution is -2.41. The summed E-state index contributed by atoms with van der Waals surface area (Å²) in [5, 5.41) is 0. The first kappa shape index (κ1) is 7.80. The van der Waals surface area contributed by atoms with Crippen LogP contribution < -0.4 is 5.73 Å². The van der Waals surface area contributed by atoms with Crippen LogP contribution in [0.25, 0.3) is 0 Å². The summed E-state index contributed by atoms with van der Waals surface area (Å²) in [5.41, 5.74) is 5.92. The summed E-state index contributed by atoms with van der Waals surface area (Å²) < 4.78 is 2.23. The Bertz CT molecular complexity index is 236. The zero-order chi connectivity index (χ0) is 8.44. The van der Waals surface area contributed by atoms with Gasteiger partial charge in [-0.05, 0) is 32.2 Å². The number of hydrogen-bond donors (Lipinski definition) is 1. The molecule has 3 heteroatoms. The fourth-order valence-electron chi connectivity index (χ4n) is 2.03. The van der Waals surface area contributed by atoms with Crippen molar-refractivity contribution in [3.8, 4) is 0 Å². The van der Waals surface area contributed by atoms with Gasteiger partial charge in [-0.25, -0.2) is 4.98 Å². The van der Waals surface area contributed by atoms with E-state index in [-0.39, 0.29) is 0 Å². The lowest BCUT2D eigenvalue weighted by atomic mass is 9.74. The van der Waals surface area contributed by atoms with Crippen LogP contribution in [-0.2, 0) is 5.54 Å². The summed E-state index contributed by atoms with van der Waals surface area (Å²) in [6.45, 7) is 0.776. The Morgan fingerprint density at radius 1 is 1.50 bits per heavy atom. The molecule has 12 heavy (non-hydrogen) atoms. The van der Waals surface area contributed by atoms with Crippen molar-refractivity contribution >= 4 is 0 Å². The SMILES string of the molecule is NCCC1(n2ccnc2)CCC1. The highest BCUT2D eigenvalue weighted by Gasteiger charge is 2.37. The van der Waals surface area contributed by atoms with Crippen LogP contribution in [-0.4, -0.2) is 16.1 Å². The van der Waals surface area contributed by atoms with Gasteiger partial charge < -0.3 is 10.3 Å². The minimum atomic E-state index is 0.325. The van der Waals surface area contributed by atoms with Crippen molar-refractivity contribution in [1.29, 1.82) is 0 Å². The van der Waals surface area contributed by atoms with Crippen molar-refractivity contribution < 1.29 is 0 Å². The van der Waals surface area contributed by atoms with Crippen LogP contribution in [0.3, 0.4) is 0 Å². The summed E-state index contributed by atoms with van der Waals surface area (Å²) in [5.74, 6) is 0. The van der Waals surface area contributed by atoms with Gasteiger partial charge in [-0.15, -0.1) is 0 Å². The van der Waals surface area contributed by atoms with Crippen LogP contribution in [0.5, 0.6) is 0 Å². The maximum absolute atomic E-state index is 5.60. The van der Waals surface area contributed by atoms with E-state index in [1.54, 1.807) is 0 Å². The first-order chi connectivity index (χ1) is 5.87. The second-order valence-corrected chi connectivity index (χ2v) is 3.59. The molecule has 2 N–H and O–H groups in total. The first-order valence-electron chi connectivity index (χ1n) is 4.56. The molecule has 1 aliphatic carbocycles. The molecule has 0 spiro atoms. The number of aromatic nitrogens is 2. The van der Waals surface area contributed by atoms with Gasteiger partial charge in [0.25, 0.3) is 0 Å². The van der Waals surface area contributed by atoms with E-state index in [1.807, 2.05) is 12.5 Å². The molecule has 1 aromatic rings. The molecule has 0 aliphatic heterocycles. The second kappa shape index (κ2) is 2.90. The fraction of sp³-hybridized carbons (Fsp3) is 0.667. The van der Waals surface area contributed by atoms with E-state index in [2.05, 4.69) is 15.7 Å². The lowest BCUT2D eigenvalue weighted by molar-refractivity contribution is 0.132. The normalized spacial score (nSPS) is 20.4. The molecular weight excluding hydrogens is 150 g/mol. The van der Waals surface area contributed by atoms with E-state index in [9.17, 15) is 0 Å². The van der Waals surface area contributed by atoms with Crippen LogP contribution in [0.15, 0.2) is 18.7 Å². The minimum Gasteiger partial charge on any atom is -0.331 e. The summed E-state index contributed by atoms with van der Waals surface area (Å²) in [4.78, 5) is 4.07. The maximum atomic E-state index is 5.60. The van der Waals surface area contributed by atoms with Crippen LogP contribution in [0.1, 0.15) is 25.7 Å². The standard InChI is InChI=1S/C9H15N3/c10-5-4-9(2-1-3-9)12-7-6-11-8-12/h6-8H,1-5,10H2. The Kier molecular flexibility index (Phi) is 1.89. The molecule has 0 saturated heterocycles. The average Bonchev–Trinajstić information content (AvgIpc) is 2.48. The highest BCUT2D eigenvalue weighted by Crippen LogP contribution is 2.41. The molecule has 1 aromatic heterocycles. The third-order valence-corrected chi connectivity index (χ3v) is 2.95. The molecule has 3 nitrogen and oxygen atoms in total. The molecule has 0 unspecified atom stereocenters.